The number of carbonyl (C=O) groups excluding carboxylic acids is 1. The summed E-state index contributed by atoms with van der Waals surface area (Å²) in [4.78, 5) is 27.0. The molecular weight excluding hydrogens is 485 g/mol. The highest BCUT2D eigenvalue weighted by atomic mass is 31.1. The molecule has 1 aliphatic rings. The van der Waals surface area contributed by atoms with Crippen molar-refractivity contribution in [3.05, 3.63) is 145 Å². The maximum absolute atomic E-state index is 14.1. The summed E-state index contributed by atoms with van der Waals surface area (Å²) in [6.45, 7) is 0. The van der Waals surface area contributed by atoms with Gasteiger partial charge in [-0.1, -0.05) is 44.7 Å². The highest BCUT2D eigenvalue weighted by molar-refractivity contribution is 7.42. The fraction of sp³-hybridized carbons (Fsp3) is 0.0303. The van der Waals surface area contributed by atoms with Crippen LogP contribution in [0.25, 0.3) is 39.0 Å². The minimum Gasteiger partial charge on any atom is -0.289 e. The molecule has 38 heavy (non-hydrogen) atoms. The van der Waals surface area contributed by atoms with Crippen molar-refractivity contribution in [2.75, 3.05) is 6.16 Å². The van der Waals surface area contributed by atoms with Crippen LogP contribution in [0.1, 0.15) is 21.5 Å². The fourth-order valence-electron chi connectivity index (χ4n) is 4.60. The first-order valence-corrected chi connectivity index (χ1v) is 13.7. The monoisotopic (exact) mass is 509 g/mol. The number of allylic oxidation sites excluding steroid dienone is 3. The molecule has 5 heteroatoms. The van der Waals surface area contributed by atoms with Gasteiger partial charge in [0, 0.05) is 65.0 Å². The van der Waals surface area contributed by atoms with E-state index >= 15 is 0 Å². The predicted octanol–water partition coefficient (Wildman–Crippen LogP) is 7.69. The molecule has 5 aromatic rings. The highest BCUT2D eigenvalue weighted by Gasteiger charge is 2.17. The first kappa shape index (κ1) is 23.8. The standard InChI is InChI=1S/C33H24N3OP/c37-33(31-15-27(23-5-1-9-34-19-23)13-28(16-31)24-6-2-10-35-20-24)32-17-29(25-7-3-11-36-21-25)14-30(18-32)26-8-4-12-38-22-26/h1-11,13-22,38H,12H2. The summed E-state index contributed by atoms with van der Waals surface area (Å²) in [5, 5.41) is 0. The molecule has 6 rings (SSSR count). The molecule has 3 aromatic heterocycles. The molecule has 0 bridgehead atoms. The van der Waals surface area contributed by atoms with E-state index in [1.807, 2.05) is 79.3 Å². The minimum atomic E-state index is -0.0318. The van der Waals surface area contributed by atoms with E-state index in [-0.39, 0.29) is 5.78 Å². The number of benzene rings is 2. The third-order valence-electron chi connectivity index (χ3n) is 6.50. The molecule has 1 aliphatic heterocycles. The Morgan fingerprint density at radius 2 is 1.08 bits per heavy atom. The molecule has 0 fully saturated rings. The quantitative estimate of drug-likeness (QED) is 0.174. The van der Waals surface area contributed by atoms with Crippen LogP contribution in [-0.4, -0.2) is 26.9 Å². The Labute approximate surface area is 223 Å². The number of hydrogen-bond donors (Lipinski definition) is 0. The minimum absolute atomic E-state index is 0.0318. The molecule has 1 atom stereocenters. The average molecular weight is 510 g/mol. The first-order valence-electron chi connectivity index (χ1n) is 12.4. The molecule has 0 radical (unpaired) electrons. The first-order chi connectivity index (χ1) is 18.7. The second-order valence-electron chi connectivity index (χ2n) is 9.06. The Balaban J connectivity index is 1.50. The second-order valence-corrected chi connectivity index (χ2v) is 10.2. The SMILES string of the molecule is O=C(c1cc(C2=CPCC=C2)cc(-c2cccnc2)c1)c1cc(-c2cccnc2)cc(-c2cccnc2)c1. The van der Waals surface area contributed by atoms with Crippen LogP contribution in [0.4, 0.5) is 0 Å². The van der Waals surface area contributed by atoms with Crippen LogP contribution in [0.5, 0.6) is 0 Å². The molecule has 0 saturated heterocycles. The zero-order valence-electron chi connectivity index (χ0n) is 20.6. The van der Waals surface area contributed by atoms with E-state index < -0.39 is 0 Å². The lowest BCUT2D eigenvalue weighted by Crippen LogP contribution is -2.04. The summed E-state index contributed by atoms with van der Waals surface area (Å²) in [6.07, 6.45) is 16.2. The van der Waals surface area contributed by atoms with Crippen LogP contribution < -0.4 is 0 Å². The fourth-order valence-corrected chi connectivity index (χ4v) is 5.46. The van der Waals surface area contributed by atoms with Crippen molar-refractivity contribution in [2.45, 2.75) is 0 Å². The van der Waals surface area contributed by atoms with Crippen molar-refractivity contribution in [2.24, 2.45) is 0 Å². The summed E-state index contributed by atoms with van der Waals surface area (Å²) in [5.41, 5.74) is 9.18. The van der Waals surface area contributed by atoms with Gasteiger partial charge in [-0.05, 0) is 88.6 Å². The third kappa shape index (κ3) is 5.13. The number of rotatable bonds is 6. The summed E-state index contributed by atoms with van der Waals surface area (Å²) in [7, 11) is 0.741. The Morgan fingerprint density at radius 1 is 0.605 bits per heavy atom. The summed E-state index contributed by atoms with van der Waals surface area (Å²) < 4.78 is 0. The van der Waals surface area contributed by atoms with Crippen LogP contribution in [0.15, 0.2) is 128 Å². The van der Waals surface area contributed by atoms with E-state index in [0.29, 0.717) is 11.1 Å². The Kier molecular flexibility index (Phi) is 6.80. The van der Waals surface area contributed by atoms with Crippen molar-refractivity contribution in [1.82, 2.24) is 15.0 Å². The van der Waals surface area contributed by atoms with Crippen molar-refractivity contribution < 1.29 is 4.79 Å². The molecule has 0 saturated carbocycles. The normalized spacial score (nSPS) is 13.3. The van der Waals surface area contributed by atoms with Crippen molar-refractivity contribution in [3.63, 3.8) is 0 Å². The number of hydrogen-bond acceptors (Lipinski definition) is 4. The molecule has 2 aromatic carbocycles. The molecule has 4 heterocycles. The van der Waals surface area contributed by atoms with Gasteiger partial charge < -0.3 is 0 Å². The van der Waals surface area contributed by atoms with E-state index in [9.17, 15) is 4.79 Å². The lowest BCUT2D eigenvalue weighted by atomic mass is 9.91. The number of ketones is 1. The van der Waals surface area contributed by atoms with Gasteiger partial charge in [0.05, 0.1) is 0 Å². The van der Waals surface area contributed by atoms with E-state index in [4.69, 9.17) is 0 Å². The zero-order chi connectivity index (χ0) is 25.7. The predicted molar refractivity (Wildman–Crippen MR) is 156 cm³/mol. The van der Waals surface area contributed by atoms with E-state index in [2.05, 4.69) is 45.1 Å². The molecule has 182 valence electrons. The Morgan fingerprint density at radius 3 is 1.50 bits per heavy atom. The lowest BCUT2D eigenvalue weighted by Gasteiger charge is -2.14. The molecular formula is C33H24N3OP. The molecule has 0 N–H and O–H groups in total. The molecule has 4 nitrogen and oxygen atoms in total. The topological polar surface area (TPSA) is 55.7 Å². The molecule has 1 unspecified atom stereocenters. The summed E-state index contributed by atoms with van der Waals surface area (Å²) in [6, 6.07) is 23.9. The van der Waals surface area contributed by atoms with Crippen molar-refractivity contribution in [3.8, 4) is 33.4 Å². The smallest absolute Gasteiger partial charge is 0.193 e. The van der Waals surface area contributed by atoms with Gasteiger partial charge in [-0.3, -0.25) is 19.7 Å². The molecule has 0 amide bonds. The van der Waals surface area contributed by atoms with Gasteiger partial charge >= 0.3 is 0 Å². The second kappa shape index (κ2) is 10.8. The van der Waals surface area contributed by atoms with Crippen molar-refractivity contribution >= 4 is 19.9 Å². The number of pyridine rings is 3. The van der Waals surface area contributed by atoms with E-state index in [1.165, 1.54) is 0 Å². The van der Waals surface area contributed by atoms with Gasteiger partial charge in [0.25, 0.3) is 0 Å². The van der Waals surface area contributed by atoms with Crippen LogP contribution >= 0.6 is 8.58 Å². The third-order valence-corrected chi connectivity index (χ3v) is 7.49. The Bertz CT molecular complexity index is 1610. The van der Waals surface area contributed by atoms with Crippen LogP contribution in [-0.2, 0) is 0 Å². The van der Waals surface area contributed by atoms with Gasteiger partial charge in [0.15, 0.2) is 5.78 Å². The number of aromatic nitrogens is 3. The van der Waals surface area contributed by atoms with Gasteiger partial charge in [0.2, 0.25) is 0 Å². The van der Waals surface area contributed by atoms with Gasteiger partial charge in [0.1, 0.15) is 0 Å². The van der Waals surface area contributed by atoms with Crippen molar-refractivity contribution in [1.29, 1.82) is 0 Å². The highest BCUT2D eigenvalue weighted by Crippen LogP contribution is 2.33. The Hall–Kier alpha value is -4.53. The lowest BCUT2D eigenvalue weighted by molar-refractivity contribution is 0.103. The molecule has 0 spiro atoms. The van der Waals surface area contributed by atoms with Gasteiger partial charge in [-0.15, -0.1) is 0 Å². The van der Waals surface area contributed by atoms with Crippen LogP contribution in [0.3, 0.4) is 0 Å². The van der Waals surface area contributed by atoms with Gasteiger partial charge in [-0.25, -0.2) is 0 Å². The maximum atomic E-state index is 14.1. The van der Waals surface area contributed by atoms with E-state index in [1.54, 1.807) is 18.6 Å². The average Bonchev–Trinajstić information content (AvgIpc) is 3.02. The van der Waals surface area contributed by atoms with Crippen LogP contribution in [0.2, 0.25) is 0 Å². The van der Waals surface area contributed by atoms with E-state index in [0.717, 1.165) is 59.3 Å². The van der Waals surface area contributed by atoms with Crippen LogP contribution in [0, 0.1) is 0 Å². The zero-order valence-corrected chi connectivity index (χ0v) is 21.6. The molecule has 0 aliphatic carbocycles. The summed E-state index contributed by atoms with van der Waals surface area (Å²) in [5.74, 6) is 2.23. The largest absolute Gasteiger partial charge is 0.289 e. The number of nitrogens with zero attached hydrogens (tertiary/aromatic N) is 3. The van der Waals surface area contributed by atoms with Gasteiger partial charge in [-0.2, -0.15) is 0 Å². The maximum Gasteiger partial charge on any atom is 0.193 e. The number of carbonyl (C=O) groups is 1. The summed E-state index contributed by atoms with van der Waals surface area (Å²) >= 11 is 0.